The Morgan fingerprint density at radius 3 is 1.53 bits per heavy atom. The minimum atomic E-state index is 1.04. The molecule has 30 heavy (non-hydrogen) atoms. The molecule has 0 amide bonds. The third-order valence-electron chi connectivity index (χ3n) is 5.71. The summed E-state index contributed by atoms with van der Waals surface area (Å²) in [6, 6.07) is 32.2. The summed E-state index contributed by atoms with van der Waals surface area (Å²) in [5, 5.41) is 7.11. The fraction of sp³-hybridized carbons (Fsp3) is 0. The van der Waals surface area contributed by atoms with Gasteiger partial charge in [-0.3, -0.25) is 0 Å². The summed E-state index contributed by atoms with van der Waals surface area (Å²) in [7, 11) is 0. The van der Waals surface area contributed by atoms with Gasteiger partial charge in [0.15, 0.2) is 0 Å². The molecule has 1 heterocycles. The van der Waals surface area contributed by atoms with Crippen molar-refractivity contribution in [3.05, 3.63) is 99.9 Å². The highest BCUT2D eigenvalue weighted by Crippen LogP contribution is 2.41. The number of fused-ring (bicyclic) bond motifs is 6. The van der Waals surface area contributed by atoms with Gasteiger partial charge < -0.3 is 0 Å². The quantitative estimate of drug-likeness (QED) is 0.158. The van der Waals surface area contributed by atoms with Gasteiger partial charge in [-0.1, -0.05) is 105 Å². The standard InChI is InChI=1S/C27H15Br2N/c28-19-13-18(14-20(29)15-19)25-23-11-9-16-5-1-3-7-21(16)26(23)30-27-22-8-4-2-6-17(22)10-12-24(25)27/h1-15H. The van der Waals surface area contributed by atoms with Crippen molar-refractivity contribution in [2.45, 2.75) is 0 Å². The van der Waals surface area contributed by atoms with Crippen LogP contribution in [-0.4, -0.2) is 4.98 Å². The number of pyridine rings is 1. The first-order valence-electron chi connectivity index (χ1n) is 9.78. The predicted molar refractivity (Wildman–Crippen MR) is 135 cm³/mol. The number of hydrogen-bond acceptors (Lipinski definition) is 1. The van der Waals surface area contributed by atoms with Crippen LogP contribution in [0.3, 0.4) is 0 Å². The van der Waals surface area contributed by atoms with E-state index in [-0.39, 0.29) is 0 Å². The lowest BCUT2D eigenvalue weighted by Crippen LogP contribution is -1.92. The van der Waals surface area contributed by atoms with Gasteiger partial charge in [-0.05, 0) is 34.5 Å². The molecule has 0 atom stereocenters. The zero-order valence-corrected chi connectivity index (χ0v) is 19.0. The second-order valence-corrected chi connectivity index (χ2v) is 9.34. The lowest BCUT2D eigenvalue weighted by molar-refractivity contribution is 1.52. The molecule has 1 aromatic heterocycles. The van der Waals surface area contributed by atoms with Crippen LogP contribution in [0.4, 0.5) is 0 Å². The van der Waals surface area contributed by atoms with Gasteiger partial charge in [-0.25, -0.2) is 4.98 Å². The smallest absolute Gasteiger partial charge is 0.0794 e. The Balaban J connectivity index is 1.90. The van der Waals surface area contributed by atoms with Crippen LogP contribution in [0.1, 0.15) is 0 Å². The SMILES string of the molecule is Brc1cc(Br)cc(-c2c3ccc4ccccc4c3nc3c2ccc2ccccc23)c1. The molecule has 0 N–H and O–H groups in total. The topological polar surface area (TPSA) is 12.9 Å². The van der Waals surface area contributed by atoms with Crippen LogP contribution >= 0.6 is 31.9 Å². The van der Waals surface area contributed by atoms with Crippen molar-refractivity contribution in [3.8, 4) is 11.1 Å². The predicted octanol–water partition coefficient (Wildman–Crippen LogP) is 8.89. The van der Waals surface area contributed by atoms with E-state index in [0.29, 0.717) is 0 Å². The molecule has 0 aliphatic rings. The van der Waals surface area contributed by atoms with Gasteiger partial charge in [-0.2, -0.15) is 0 Å². The van der Waals surface area contributed by atoms with E-state index in [9.17, 15) is 0 Å². The van der Waals surface area contributed by atoms with Gasteiger partial charge in [0.05, 0.1) is 11.0 Å². The van der Waals surface area contributed by atoms with Crippen LogP contribution in [0.5, 0.6) is 0 Å². The third-order valence-corrected chi connectivity index (χ3v) is 6.63. The average molecular weight is 513 g/mol. The fourth-order valence-corrected chi connectivity index (χ4v) is 5.71. The van der Waals surface area contributed by atoms with Crippen molar-refractivity contribution in [2.75, 3.05) is 0 Å². The van der Waals surface area contributed by atoms with E-state index in [1.807, 2.05) is 0 Å². The highest BCUT2D eigenvalue weighted by Gasteiger charge is 2.15. The Kier molecular flexibility index (Phi) is 4.15. The summed E-state index contributed by atoms with van der Waals surface area (Å²) in [5.74, 6) is 0. The van der Waals surface area contributed by atoms with Crippen molar-refractivity contribution in [1.29, 1.82) is 0 Å². The Morgan fingerprint density at radius 2 is 1.00 bits per heavy atom. The Hall–Kier alpha value is -2.75. The summed E-state index contributed by atoms with van der Waals surface area (Å²) < 4.78 is 2.10. The van der Waals surface area contributed by atoms with Gasteiger partial charge in [0.25, 0.3) is 0 Å². The minimum Gasteiger partial charge on any atom is -0.246 e. The Bertz CT molecular complexity index is 1500. The maximum absolute atomic E-state index is 5.24. The van der Waals surface area contributed by atoms with Crippen molar-refractivity contribution >= 4 is 75.2 Å². The number of halogens is 2. The molecule has 1 nitrogen and oxygen atoms in total. The van der Waals surface area contributed by atoms with E-state index in [4.69, 9.17) is 4.98 Å². The van der Waals surface area contributed by atoms with E-state index in [2.05, 4.69) is 123 Å². The molecular weight excluding hydrogens is 498 g/mol. The van der Waals surface area contributed by atoms with Crippen molar-refractivity contribution < 1.29 is 0 Å². The Labute approximate surface area is 190 Å². The van der Waals surface area contributed by atoms with Gasteiger partial charge in [-0.15, -0.1) is 0 Å². The largest absolute Gasteiger partial charge is 0.246 e. The zero-order valence-electron chi connectivity index (χ0n) is 15.9. The fourth-order valence-electron chi connectivity index (χ4n) is 4.42. The normalized spacial score (nSPS) is 11.7. The summed E-state index contributed by atoms with van der Waals surface area (Å²) in [6.07, 6.45) is 0. The maximum atomic E-state index is 5.24. The molecule has 0 saturated carbocycles. The maximum Gasteiger partial charge on any atom is 0.0794 e. The van der Waals surface area contributed by atoms with Crippen LogP contribution in [0.25, 0.3) is 54.5 Å². The monoisotopic (exact) mass is 511 g/mol. The van der Waals surface area contributed by atoms with Crippen LogP contribution in [0.2, 0.25) is 0 Å². The number of aromatic nitrogens is 1. The van der Waals surface area contributed by atoms with E-state index < -0.39 is 0 Å². The van der Waals surface area contributed by atoms with Crippen molar-refractivity contribution in [1.82, 2.24) is 4.98 Å². The van der Waals surface area contributed by atoms with Gasteiger partial charge in [0.1, 0.15) is 0 Å². The summed E-state index contributed by atoms with van der Waals surface area (Å²) in [5.41, 5.74) is 4.47. The van der Waals surface area contributed by atoms with E-state index in [1.165, 1.54) is 43.4 Å². The highest BCUT2D eigenvalue weighted by atomic mass is 79.9. The molecule has 6 rings (SSSR count). The number of nitrogens with zero attached hydrogens (tertiary/aromatic N) is 1. The van der Waals surface area contributed by atoms with Crippen LogP contribution < -0.4 is 0 Å². The molecular formula is C27H15Br2N. The molecule has 6 aromatic rings. The first-order chi connectivity index (χ1) is 14.7. The summed E-state index contributed by atoms with van der Waals surface area (Å²) in [4.78, 5) is 5.24. The lowest BCUT2D eigenvalue weighted by Gasteiger charge is -2.15. The lowest BCUT2D eigenvalue weighted by atomic mass is 9.92. The first-order valence-corrected chi connectivity index (χ1v) is 11.4. The first kappa shape index (κ1) is 18.1. The third kappa shape index (κ3) is 2.77. The van der Waals surface area contributed by atoms with Crippen LogP contribution in [0, 0.1) is 0 Å². The molecule has 0 bridgehead atoms. The molecule has 3 heteroatoms. The average Bonchev–Trinajstić information content (AvgIpc) is 2.76. The summed E-state index contributed by atoms with van der Waals surface area (Å²) >= 11 is 7.34. The number of benzene rings is 5. The minimum absolute atomic E-state index is 1.04. The molecule has 5 aromatic carbocycles. The molecule has 0 aliphatic carbocycles. The van der Waals surface area contributed by atoms with Gasteiger partial charge >= 0.3 is 0 Å². The van der Waals surface area contributed by atoms with Crippen molar-refractivity contribution in [3.63, 3.8) is 0 Å². The number of rotatable bonds is 1. The highest BCUT2D eigenvalue weighted by molar-refractivity contribution is 9.11. The molecule has 0 aliphatic heterocycles. The molecule has 142 valence electrons. The van der Waals surface area contributed by atoms with Crippen LogP contribution in [-0.2, 0) is 0 Å². The molecule has 0 unspecified atom stereocenters. The Morgan fingerprint density at radius 1 is 0.500 bits per heavy atom. The zero-order chi connectivity index (χ0) is 20.2. The van der Waals surface area contributed by atoms with Gasteiger partial charge in [0.2, 0.25) is 0 Å². The van der Waals surface area contributed by atoms with E-state index >= 15 is 0 Å². The second kappa shape index (κ2) is 6.90. The van der Waals surface area contributed by atoms with E-state index in [0.717, 1.165) is 20.0 Å². The molecule has 0 fully saturated rings. The van der Waals surface area contributed by atoms with E-state index in [1.54, 1.807) is 0 Å². The van der Waals surface area contributed by atoms with Crippen molar-refractivity contribution in [2.24, 2.45) is 0 Å². The molecule has 0 saturated heterocycles. The van der Waals surface area contributed by atoms with Gasteiger partial charge in [0, 0.05) is 36.1 Å². The number of hydrogen-bond donors (Lipinski definition) is 0. The van der Waals surface area contributed by atoms with Crippen LogP contribution in [0.15, 0.2) is 99.9 Å². The summed E-state index contributed by atoms with van der Waals surface area (Å²) in [6.45, 7) is 0. The second-order valence-electron chi connectivity index (χ2n) is 7.51. The molecule has 0 radical (unpaired) electrons. The molecule has 0 spiro atoms.